The molecule has 1 saturated heterocycles. The van der Waals surface area contributed by atoms with Crippen molar-refractivity contribution in [2.24, 2.45) is 12.0 Å². The van der Waals surface area contributed by atoms with Crippen molar-refractivity contribution in [3.8, 4) is 0 Å². The Bertz CT molecular complexity index is 840. The van der Waals surface area contributed by atoms with Crippen LogP contribution in [0.5, 0.6) is 0 Å². The van der Waals surface area contributed by atoms with Gasteiger partial charge in [0.2, 0.25) is 0 Å². The van der Waals surface area contributed by atoms with Crippen LogP contribution in [0.25, 0.3) is 0 Å². The first-order chi connectivity index (χ1) is 13.6. The first-order valence-corrected chi connectivity index (χ1v) is 10.3. The lowest BCUT2D eigenvalue weighted by atomic mass is 10.0. The predicted octanol–water partition coefficient (Wildman–Crippen LogP) is 2.99. The van der Waals surface area contributed by atoms with Crippen molar-refractivity contribution >= 4 is 51.8 Å². The van der Waals surface area contributed by atoms with Gasteiger partial charge in [-0.2, -0.15) is 5.10 Å². The van der Waals surface area contributed by atoms with Crippen LogP contribution >= 0.6 is 39.9 Å². The van der Waals surface area contributed by atoms with Crippen LogP contribution in [-0.2, 0) is 7.05 Å². The van der Waals surface area contributed by atoms with Crippen LogP contribution in [0, 0.1) is 0 Å². The second-order valence-corrected chi connectivity index (χ2v) is 7.89. The van der Waals surface area contributed by atoms with E-state index < -0.39 is 0 Å². The van der Waals surface area contributed by atoms with Gasteiger partial charge in [0, 0.05) is 62.4 Å². The Hall–Kier alpha value is -1.62. The van der Waals surface area contributed by atoms with Crippen LogP contribution in [0.3, 0.4) is 0 Å². The molecular formula is C20H28BrIN6O. The van der Waals surface area contributed by atoms with Crippen molar-refractivity contribution in [1.82, 2.24) is 25.3 Å². The molecule has 3 rings (SSSR count). The summed E-state index contributed by atoms with van der Waals surface area (Å²) in [6, 6.07) is 7.40. The van der Waals surface area contributed by atoms with E-state index in [0.29, 0.717) is 18.0 Å². The van der Waals surface area contributed by atoms with Crippen molar-refractivity contribution in [2.45, 2.75) is 18.8 Å². The summed E-state index contributed by atoms with van der Waals surface area (Å²) >= 11 is 3.39. The Morgan fingerprint density at radius 2 is 2.14 bits per heavy atom. The van der Waals surface area contributed by atoms with E-state index in [2.05, 4.69) is 47.8 Å². The number of benzene rings is 1. The van der Waals surface area contributed by atoms with Crippen molar-refractivity contribution in [1.29, 1.82) is 0 Å². The molecule has 1 aliphatic rings. The summed E-state index contributed by atoms with van der Waals surface area (Å²) < 4.78 is 2.76. The lowest BCUT2D eigenvalue weighted by Crippen LogP contribution is -2.41. The Labute approximate surface area is 197 Å². The number of aryl methyl sites for hydroxylation is 1. The van der Waals surface area contributed by atoms with E-state index in [9.17, 15) is 4.79 Å². The lowest BCUT2D eigenvalue weighted by molar-refractivity contribution is 0.0953. The van der Waals surface area contributed by atoms with Crippen LogP contribution in [0.4, 0.5) is 0 Å². The second kappa shape index (κ2) is 11.5. The second-order valence-electron chi connectivity index (χ2n) is 6.97. The fourth-order valence-electron chi connectivity index (χ4n) is 3.43. The molecule has 1 unspecified atom stereocenters. The van der Waals surface area contributed by atoms with Crippen LogP contribution in [-0.4, -0.2) is 59.8 Å². The molecule has 1 amide bonds. The van der Waals surface area contributed by atoms with Crippen molar-refractivity contribution in [2.75, 3.05) is 33.2 Å². The zero-order valence-electron chi connectivity index (χ0n) is 16.8. The zero-order valence-corrected chi connectivity index (χ0v) is 20.7. The topological polar surface area (TPSA) is 74.6 Å². The highest BCUT2D eigenvalue weighted by Crippen LogP contribution is 2.26. The number of carbonyl (C=O) groups excluding carboxylic acids is 1. The van der Waals surface area contributed by atoms with E-state index in [4.69, 9.17) is 0 Å². The van der Waals surface area contributed by atoms with Crippen LogP contribution < -0.4 is 10.6 Å². The van der Waals surface area contributed by atoms with Gasteiger partial charge in [-0.15, -0.1) is 24.0 Å². The summed E-state index contributed by atoms with van der Waals surface area (Å²) in [5, 5.41) is 10.6. The molecule has 158 valence electrons. The van der Waals surface area contributed by atoms with Crippen LogP contribution in [0.15, 0.2) is 46.1 Å². The molecule has 1 fully saturated rings. The number of aromatic nitrogens is 2. The average Bonchev–Trinajstić information content (AvgIpc) is 3.33. The van der Waals surface area contributed by atoms with Gasteiger partial charge in [0.15, 0.2) is 5.96 Å². The van der Waals surface area contributed by atoms with Gasteiger partial charge in [-0.1, -0.05) is 22.0 Å². The predicted molar refractivity (Wildman–Crippen MR) is 130 cm³/mol. The summed E-state index contributed by atoms with van der Waals surface area (Å²) in [7, 11) is 3.76. The van der Waals surface area contributed by atoms with Gasteiger partial charge in [0.1, 0.15) is 0 Å². The smallest absolute Gasteiger partial charge is 0.251 e. The highest BCUT2D eigenvalue weighted by Gasteiger charge is 2.26. The maximum Gasteiger partial charge on any atom is 0.251 e. The molecule has 7 nitrogen and oxygen atoms in total. The number of carbonyl (C=O) groups is 1. The molecule has 0 bridgehead atoms. The van der Waals surface area contributed by atoms with Crippen LogP contribution in [0.1, 0.15) is 34.7 Å². The summed E-state index contributed by atoms with van der Waals surface area (Å²) in [4.78, 5) is 18.8. The quantitative estimate of drug-likeness (QED) is 0.241. The molecule has 0 aliphatic carbocycles. The first-order valence-electron chi connectivity index (χ1n) is 9.54. The van der Waals surface area contributed by atoms with E-state index >= 15 is 0 Å². The molecule has 0 saturated carbocycles. The molecule has 29 heavy (non-hydrogen) atoms. The number of rotatable bonds is 6. The third kappa shape index (κ3) is 6.70. The molecular weight excluding hydrogens is 547 g/mol. The normalized spacial score (nSPS) is 16.4. The molecule has 2 heterocycles. The van der Waals surface area contributed by atoms with Gasteiger partial charge >= 0.3 is 0 Å². The van der Waals surface area contributed by atoms with Crippen molar-refractivity contribution in [3.63, 3.8) is 0 Å². The fourth-order valence-corrected chi connectivity index (χ4v) is 3.83. The Morgan fingerprint density at radius 1 is 1.34 bits per heavy atom. The monoisotopic (exact) mass is 574 g/mol. The van der Waals surface area contributed by atoms with Gasteiger partial charge in [0.25, 0.3) is 5.91 Å². The summed E-state index contributed by atoms with van der Waals surface area (Å²) in [5.41, 5.74) is 1.95. The van der Waals surface area contributed by atoms with Gasteiger partial charge in [-0.3, -0.25) is 14.5 Å². The molecule has 1 aromatic carbocycles. The van der Waals surface area contributed by atoms with Gasteiger partial charge in [-0.05, 0) is 36.6 Å². The number of aliphatic imine (C=N–C) groups is 1. The minimum atomic E-state index is -0.0514. The maximum absolute atomic E-state index is 12.1. The third-order valence-corrected chi connectivity index (χ3v) is 5.40. The van der Waals surface area contributed by atoms with Gasteiger partial charge in [0.05, 0.1) is 6.20 Å². The standard InChI is InChI=1S/C20H27BrN6O.HI/c1-22-20(27-10-7-16(14-27)17-12-25-26(2)13-17)24-9-4-8-23-19(28)15-5-3-6-18(21)11-15;/h3,5-6,11-13,16H,4,7-10,14H2,1-2H3,(H,22,24)(H,23,28);1H. The third-order valence-electron chi connectivity index (χ3n) is 4.90. The molecule has 2 aromatic rings. The van der Waals surface area contributed by atoms with E-state index in [0.717, 1.165) is 42.9 Å². The number of hydrogen-bond acceptors (Lipinski definition) is 3. The maximum atomic E-state index is 12.1. The molecule has 0 radical (unpaired) electrons. The fraction of sp³-hybridized carbons (Fsp3) is 0.450. The minimum absolute atomic E-state index is 0. The average molecular weight is 575 g/mol. The SMILES string of the molecule is CN=C(NCCCNC(=O)c1cccc(Br)c1)N1CCC(c2cnn(C)c2)C1.I. The van der Waals surface area contributed by atoms with Crippen molar-refractivity contribution < 1.29 is 4.79 Å². The number of nitrogens with one attached hydrogen (secondary N) is 2. The number of hydrogen-bond donors (Lipinski definition) is 2. The van der Waals surface area contributed by atoms with Gasteiger partial charge < -0.3 is 15.5 Å². The van der Waals surface area contributed by atoms with E-state index in [1.54, 1.807) is 0 Å². The van der Waals surface area contributed by atoms with E-state index in [1.807, 2.05) is 49.2 Å². The van der Waals surface area contributed by atoms with E-state index in [-0.39, 0.29) is 29.9 Å². The minimum Gasteiger partial charge on any atom is -0.356 e. The Balaban J connectivity index is 0.00000300. The summed E-state index contributed by atoms with van der Waals surface area (Å²) in [6.07, 6.45) is 5.99. The molecule has 2 N–H and O–H groups in total. The highest BCUT2D eigenvalue weighted by molar-refractivity contribution is 14.0. The zero-order chi connectivity index (χ0) is 19.9. The molecule has 1 atom stereocenters. The largest absolute Gasteiger partial charge is 0.356 e. The number of amides is 1. The highest BCUT2D eigenvalue weighted by atomic mass is 127. The summed E-state index contributed by atoms with van der Waals surface area (Å²) in [5.74, 6) is 1.37. The van der Waals surface area contributed by atoms with Crippen molar-refractivity contribution in [3.05, 3.63) is 52.3 Å². The lowest BCUT2D eigenvalue weighted by Gasteiger charge is -2.21. The molecule has 0 spiro atoms. The molecule has 9 heteroatoms. The Morgan fingerprint density at radius 3 is 2.83 bits per heavy atom. The molecule has 1 aliphatic heterocycles. The first kappa shape index (κ1) is 23.7. The van der Waals surface area contributed by atoms with E-state index in [1.165, 1.54) is 5.56 Å². The molecule has 1 aromatic heterocycles. The summed E-state index contributed by atoms with van der Waals surface area (Å²) in [6.45, 7) is 3.32. The van der Waals surface area contributed by atoms with Crippen LogP contribution in [0.2, 0.25) is 0 Å². The number of likely N-dealkylation sites (tertiary alicyclic amines) is 1. The number of halogens is 2. The van der Waals surface area contributed by atoms with Gasteiger partial charge in [-0.25, -0.2) is 0 Å². The number of nitrogens with zero attached hydrogens (tertiary/aromatic N) is 4. The Kier molecular flexibility index (Phi) is 9.41. The number of guanidine groups is 1.